The second-order valence-electron chi connectivity index (χ2n) is 5.62. The van der Waals surface area contributed by atoms with Gasteiger partial charge < -0.3 is 4.57 Å². The Morgan fingerprint density at radius 3 is 2.82 bits per heavy atom. The molecule has 2 aromatic rings. The van der Waals surface area contributed by atoms with E-state index in [9.17, 15) is 9.18 Å². The van der Waals surface area contributed by atoms with Crippen molar-refractivity contribution < 1.29 is 9.18 Å². The summed E-state index contributed by atoms with van der Waals surface area (Å²) in [6, 6.07) is 4.02. The van der Waals surface area contributed by atoms with E-state index in [-0.39, 0.29) is 11.7 Å². The molecule has 3 nitrogen and oxygen atoms in total. The molecule has 1 fully saturated rings. The fourth-order valence-electron chi connectivity index (χ4n) is 2.27. The predicted molar refractivity (Wildman–Crippen MR) is 88.5 cm³/mol. The molecule has 1 aromatic carbocycles. The van der Waals surface area contributed by atoms with Gasteiger partial charge in [0, 0.05) is 21.6 Å². The summed E-state index contributed by atoms with van der Waals surface area (Å²) in [6.07, 6.45) is 2.50. The van der Waals surface area contributed by atoms with Crippen LogP contribution in [0.2, 0.25) is 0 Å². The lowest BCUT2D eigenvalue weighted by molar-refractivity contribution is 0.0997. The van der Waals surface area contributed by atoms with Crippen molar-refractivity contribution in [3.63, 3.8) is 0 Å². The molecule has 1 aliphatic carbocycles. The number of aromatic nitrogens is 1. The zero-order valence-electron chi connectivity index (χ0n) is 12.4. The van der Waals surface area contributed by atoms with Crippen LogP contribution in [-0.4, -0.2) is 10.5 Å². The van der Waals surface area contributed by atoms with Gasteiger partial charge in [-0.1, -0.05) is 0 Å². The van der Waals surface area contributed by atoms with Crippen molar-refractivity contribution in [1.29, 1.82) is 0 Å². The Kier molecular flexibility index (Phi) is 4.32. The lowest BCUT2D eigenvalue weighted by atomic mass is 10.2. The lowest BCUT2D eigenvalue weighted by Crippen LogP contribution is -2.19. The van der Waals surface area contributed by atoms with Crippen LogP contribution in [0.25, 0.3) is 0 Å². The van der Waals surface area contributed by atoms with Crippen LogP contribution >= 0.6 is 27.3 Å². The molecule has 6 heteroatoms. The highest BCUT2D eigenvalue weighted by atomic mass is 79.9. The minimum absolute atomic E-state index is 0.349. The number of nitrogens with zero attached hydrogens (tertiary/aromatic N) is 2. The van der Waals surface area contributed by atoms with Gasteiger partial charge in [-0.3, -0.25) is 4.79 Å². The summed E-state index contributed by atoms with van der Waals surface area (Å²) < 4.78 is 15.7. The van der Waals surface area contributed by atoms with Gasteiger partial charge in [0.1, 0.15) is 5.82 Å². The maximum atomic E-state index is 13.1. The first-order valence-corrected chi connectivity index (χ1v) is 8.77. The van der Waals surface area contributed by atoms with Gasteiger partial charge >= 0.3 is 0 Å². The summed E-state index contributed by atoms with van der Waals surface area (Å²) in [7, 11) is 0. The van der Waals surface area contributed by atoms with E-state index in [1.807, 2.05) is 6.92 Å². The fourth-order valence-corrected chi connectivity index (χ4v) is 3.77. The third kappa shape index (κ3) is 3.22. The van der Waals surface area contributed by atoms with Crippen LogP contribution < -0.4 is 4.80 Å². The predicted octanol–water partition coefficient (Wildman–Crippen LogP) is 4.22. The number of hydrogen-bond acceptors (Lipinski definition) is 2. The van der Waals surface area contributed by atoms with Crippen molar-refractivity contribution in [2.24, 2.45) is 10.9 Å². The van der Waals surface area contributed by atoms with Crippen LogP contribution in [-0.2, 0) is 6.54 Å². The van der Waals surface area contributed by atoms with Crippen molar-refractivity contribution in [3.8, 4) is 0 Å². The lowest BCUT2D eigenvalue weighted by Gasteiger charge is -2.05. The van der Waals surface area contributed by atoms with E-state index in [0.717, 1.165) is 11.3 Å². The molecule has 0 radical (unpaired) electrons. The molecule has 1 heterocycles. The number of thiazole rings is 1. The molecule has 1 saturated carbocycles. The highest BCUT2D eigenvalue weighted by Gasteiger charge is 2.23. The molecule has 0 saturated heterocycles. The molecule has 0 unspecified atom stereocenters. The van der Waals surface area contributed by atoms with Crippen molar-refractivity contribution in [2.75, 3.05) is 0 Å². The Hall–Kier alpha value is -1.27. The fraction of sp³-hybridized carbons (Fsp3) is 0.375. The van der Waals surface area contributed by atoms with Crippen LogP contribution in [0.1, 0.15) is 33.8 Å². The standard InChI is InChI=1S/C16H16BrFN2OS/c1-9-10(2)22-16(20(9)8-11-3-4-11)19-15(21)13-6-5-12(18)7-14(13)17/h5-7,11H,3-4,8H2,1-2H3. The Morgan fingerprint density at radius 2 is 2.18 bits per heavy atom. The molecule has 1 aromatic heterocycles. The maximum Gasteiger partial charge on any atom is 0.280 e. The zero-order chi connectivity index (χ0) is 15.9. The van der Waals surface area contributed by atoms with E-state index in [4.69, 9.17) is 0 Å². The van der Waals surface area contributed by atoms with Gasteiger partial charge in [0.2, 0.25) is 0 Å². The first-order chi connectivity index (χ1) is 10.5. The first-order valence-electron chi connectivity index (χ1n) is 7.16. The quantitative estimate of drug-likeness (QED) is 0.782. The first kappa shape index (κ1) is 15.6. The average Bonchev–Trinajstić information content (AvgIpc) is 3.22. The van der Waals surface area contributed by atoms with Crippen molar-refractivity contribution in [3.05, 3.63) is 49.4 Å². The minimum Gasteiger partial charge on any atom is -0.320 e. The van der Waals surface area contributed by atoms with Crippen LogP contribution in [0.15, 0.2) is 27.7 Å². The largest absolute Gasteiger partial charge is 0.320 e. The molecular formula is C16H16BrFN2OS. The van der Waals surface area contributed by atoms with Crippen molar-refractivity contribution in [2.45, 2.75) is 33.2 Å². The average molecular weight is 383 g/mol. The van der Waals surface area contributed by atoms with E-state index in [2.05, 4.69) is 32.4 Å². The number of carbonyl (C=O) groups excluding carboxylic acids is 1. The van der Waals surface area contributed by atoms with Crippen molar-refractivity contribution in [1.82, 2.24) is 4.57 Å². The minimum atomic E-state index is -0.380. The summed E-state index contributed by atoms with van der Waals surface area (Å²) in [5.41, 5.74) is 1.55. The highest BCUT2D eigenvalue weighted by molar-refractivity contribution is 9.10. The van der Waals surface area contributed by atoms with Gasteiger partial charge in [-0.05, 0) is 66.7 Å². The molecule has 0 atom stereocenters. The van der Waals surface area contributed by atoms with Crippen LogP contribution in [0.5, 0.6) is 0 Å². The molecule has 116 valence electrons. The molecular weight excluding hydrogens is 367 g/mol. The third-order valence-corrected chi connectivity index (χ3v) is 5.64. The number of halogens is 2. The number of benzene rings is 1. The monoisotopic (exact) mass is 382 g/mol. The Balaban J connectivity index is 2.00. The normalized spacial score (nSPS) is 15.4. The van der Waals surface area contributed by atoms with E-state index >= 15 is 0 Å². The Labute approximate surface area is 140 Å². The van der Waals surface area contributed by atoms with Crippen molar-refractivity contribution >= 4 is 33.2 Å². The molecule has 0 bridgehead atoms. The number of rotatable bonds is 3. The Bertz CT molecular complexity index is 805. The summed E-state index contributed by atoms with van der Waals surface area (Å²) in [5, 5.41) is 0. The van der Waals surface area contributed by atoms with Gasteiger partial charge in [-0.15, -0.1) is 11.3 Å². The highest BCUT2D eigenvalue weighted by Crippen LogP contribution is 2.31. The summed E-state index contributed by atoms with van der Waals surface area (Å²) in [4.78, 5) is 18.6. The topological polar surface area (TPSA) is 34.4 Å². The molecule has 3 rings (SSSR count). The zero-order valence-corrected chi connectivity index (χ0v) is 14.8. The SMILES string of the molecule is Cc1sc(=NC(=O)c2ccc(F)cc2Br)n(CC2CC2)c1C. The van der Waals surface area contributed by atoms with Gasteiger partial charge in [-0.25, -0.2) is 4.39 Å². The number of amides is 1. The van der Waals surface area contributed by atoms with E-state index in [0.29, 0.717) is 16.0 Å². The summed E-state index contributed by atoms with van der Waals surface area (Å²) in [6.45, 7) is 5.03. The molecule has 22 heavy (non-hydrogen) atoms. The molecule has 0 aliphatic heterocycles. The smallest absolute Gasteiger partial charge is 0.280 e. The van der Waals surface area contributed by atoms with Gasteiger partial charge in [-0.2, -0.15) is 4.99 Å². The van der Waals surface area contributed by atoms with E-state index < -0.39 is 0 Å². The second-order valence-corrected chi connectivity index (χ2v) is 7.66. The Morgan fingerprint density at radius 1 is 1.45 bits per heavy atom. The van der Waals surface area contributed by atoms with Crippen LogP contribution in [0, 0.1) is 25.6 Å². The molecule has 1 aliphatic rings. The van der Waals surface area contributed by atoms with E-state index in [1.165, 1.54) is 52.9 Å². The maximum absolute atomic E-state index is 13.1. The van der Waals surface area contributed by atoms with Gasteiger partial charge in [0.15, 0.2) is 4.80 Å². The van der Waals surface area contributed by atoms with Gasteiger partial charge in [0.25, 0.3) is 5.91 Å². The van der Waals surface area contributed by atoms with E-state index in [1.54, 1.807) is 0 Å². The number of hydrogen-bond donors (Lipinski definition) is 0. The summed E-state index contributed by atoms with van der Waals surface area (Å²) >= 11 is 4.75. The van der Waals surface area contributed by atoms with Crippen LogP contribution in [0.3, 0.4) is 0 Å². The molecule has 1 amide bonds. The second kappa shape index (κ2) is 6.08. The molecule has 0 N–H and O–H groups in total. The van der Waals surface area contributed by atoms with Crippen LogP contribution in [0.4, 0.5) is 4.39 Å². The third-order valence-electron chi connectivity index (χ3n) is 3.89. The number of carbonyl (C=O) groups is 1. The summed E-state index contributed by atoms with van der Waals surface area (Å²) in [5.74, 6) is -0.0213. The molecule has 0 spiro atoms. The number of aryl methyl sites for hydroxylation is 1. The van der Waals surface area contributed by atoms with Gasteiger partial charge in [0.05, 0.1) is 5.56 Å².